The maximum Gasteiger partial charge on any atom is 0.254 e. The Balaban J connectivity index is 1.44. The molecule has 0 radical (unpaired) electrons. The van der Waals surface area contributed by atoms with E-state index in [1.807, 2.05) is 54.4 Å². The molecule has 2 aliphatic rings. The van der Waals surface area contributed by atoms with Crippen LogP contribution in [0.15, 0.2) is 54.9 Å². The van der Waals surface area contributed by atoms with Gasteiger partial charge < -0.3 is 9.80 Å². The highest BCUT2D eigenvalue weighted by Gasteiger charge is 2.34. The van der Waals surface area contributed by atoms with E-state index in [1.165, 1.54) is 45.2 Å². The molecule has 0 saturated carbocycles. The molecule has 2 saturated heterocycles. The monoisotopic (exact) mass is 414 g/mol. The van der Waals surface area contributed by atoms with Crippen LogP contribution in [-0.2, 0) is 0 Å². The van der Waals surface area contributed by atoms with E-state index in [0.29, 0.717) is 12.0 Å². The lowest BCUT2D eigenvalue weighted by molar-refractivity contribution is 0.0403. The number of amides is 1. The highest BCUT2D eigenvalue weighted by Crippen LogP contribution is 2.32. The van der Waals surface area contributed by atoms with E-state index in [1.54, 1.807) is 12.4 Å². The van der Waals surface area contributed by atoms with Crippen LogP contribution in [0, 0.1) is 5.92 Å². The first kappa shape index (κ1) is 20.1. The van der Waals surface area contributed by atoms with Gasteiger partial charge in [0.05, 0.1) is 16.8 Å². The minimum atomic E-state index is 0.0803. The Hall–Kier alpha value is -2.79. The summed E-state index contributed by atoms with van der Waals surface area (Å²) in [6.45, 7) is 3.27. The van der Waals surface area contributed by atoms with E-state index in [4.69, 9.17) is 4.98 Å². The van der Waals surface area contributed by atoms with E-state index in [-0.39, 0.29) is 5.91 Å². The lowest BCUT2D eigenvalue weighted by Crippen LogP contribution is -2.51. The smallest absolute Gasteiger partial charge is 0.254 e. The molecular formula is C26H30N4O. The molecule has 4 heterocycles. The average Bonchev–Trinajstić information content (AvgIpc) is 2.83. The molecule has 31 heavy (non-hydrogen) atoms. The van der Waals surface area contributed by atoms with Crippen LogP contribution in [0.2, 0.25) is 0 Å². The number of carbonyl (C=O) groups is 1. The maximum atomic E-state index is 13.6. The van der Waals surface area contributed by atoms with Crippen LogP contribution in [0.25, 0.3) is 22.2 Å². The van der Waals surface area contributed by atoms with Gasteiger partial charge in [0.1, 0.15) is 0 Å². The third-order valence-electron chi connectivity index (χ3n) is 6.99. The molecule has 2 atom stereocenters. The van der Waals surface area contributed by atoms with E-state index < -0.39 is 0 Å². The number of hydrogen-bond acceptors (Lipinski definition) is 4. The summed E-state index contributed by atoms with van der Waals surface area (Å²) in [6.07, 6.45) is 9.92. The van der Waals surface area contributed by atoms with Crippen LogP contribution in [0.3, 0.4) is 0 Å². The first-order valence-electron chi connectivity index (χ1n) is 11.5. The molecule has 2 aliphatic heterocycles. The molecule has 0 aliphatic carbocycles. The SMILES string of the molecule is CN(CC1CCCN2CCCCC12)C(=O)c1cc(-c2cccnc2)nc2ccccc12. The Morgan fingerprint density at radius 2 is 1.97 bits per heavy atom. The van der Waals surface area contributed by atoms with Gasteiger partial charge in [-0.3, -0.25) is 9.78 Å². The molecule has 1 aromatic carbocycles. The van der Waals surface area contributed by atoms with Gasteiger partial charge in [-0.05, 0) is 69.0 Å². The summed E-state index contributed by atoms with van der Waals surface area (Å²) < 4.78 is 0. The highest BCUT2D eigenvalue weighted by atomic mass is 16.2. The van der Waals surface area contributed by atoms with Crippen molar-refractivity contribution >= 4 is 16.8 Å². The molecule has 5 rings (SSSR count). The standard InChI is InChI=1S/C26H30N4O/c1-29(18-20-9-7-15-30-14-5-4-12-25(20)30)26(31)22-16-24(19-8-6-13-27-17-19)28-23-11-3-2-10-21(22)23/h2-3,6,8,10-11,13,16-17,20,25H,4-5,7,9,12,14-15,18H2,1H3. The number of fused-ring (bicyclic) bond motifs is 2. The second kappa shape index (κ2) is 8.75. The molecule has 0 N–H and O–H groups in total. The lowest BCUT2D eigenvalue weighted by atomic mass is 9.83. The fourth-order valence-corrected chi connectivity index (χ4v) is 5.44. The summed E-state index contributed by atoms with van der Waals surface area (Å²) >= 11 is 0. The van der Waals surface area contributed by atoms with Gasteiger partial charge in [0.2, 0.25) is 0 Å². The molecule has 160 valence electrons. The topological polar surface area (TPSA) is 49.3 Å². The molecule has 0 bridgehead atoms. The van der Waals surface area contributed by atoms with Crippen molar-refractivity contribution in [2.24, 2.45) is 5.92 Å². The Morgan fingerprint density at radius 3 is 2.84 bits per heavy atom. The normalized spacial score (nSPS) is 21.6. The van der Waals surface area contributed by atoms with Crippen LogP contribution in [0.1, 0.15) is 42.5 Å². The molecule has 2 unspecified atom stereocenters. The third kappa shape index (κ3) is 4.07. The van der Waals surface area contributed by atoms with Gasteiger partial charge >= 0.3 is 0 Å². The number of nitrogens with zero attached hydrogens (tertiary/aromatic N) is 4. The van der Waals surface area contributed by atoms with E-state index >= 15 is 0 Å². The number of benzene rings is 1. The average molecular weight is 415 g/mol. The van der Waals surface area contributed by atoms with E-state index in [0.717, 1.165) is 34.3 Å². The first-order valence-corrected chi connectivity index (χ1v) is 11.5. The largest absolute Gasteiger partial charge is 0.341 e. The molecule has 3 aromatic rings. The van der Waals surface area contributed by atoms with Crippen molar-refractivity contribution in [2.45, 2.75) is 38.1 Å². The van der Waals surface area contributed by atoms with Gasteiger partial charge in [-0.15, -0.1) is 0 Å². The minimum Gasteiger partial charge on any atom is -0.341 e. The summed E-state index contributed by atoms with van der Waals surface area (Å²) in [6, 6.07) is 14.4. The van der Waals surface area contributed by atoms with Gasteiger partial charge in [0, 0.05) is 43.0 Å². The quantitative estimate of drug-likeness (QED) is 0.624. The zero-order valence-electron chi connectivity index (χ0n) is 18.2. The summed E-state index contributed by atoms with van der Waals surface area (Å²) in [4.78, 5) is 27.3. The second-order valence-corrected chi connectivity index (χ2v) is 9.00. The summed E-state index contributed by atoms with van der Waals surface area (Å²) in [7, 11) is 1.96. The Morgan fingerprint density at radius 1 is 1.10 bits per heavy atom. The number of pyridine rings is 2. The van der Waals surface area contributed by atoms with Crippen molar-refractivity contribution in [1.29, 1.82) is 0 Å². The van der Waals surface area contributed by atoms with Crippen LogP contribution in [0.5, 0.6) is 0 Å². The number of piperidine rings is 2. The van der Waals surface area contributed by atoms with Crippen molar-refractivity contribution in [3.05, 3.63) is 60.4 Å². The Labute approximate surface area is 184 Å². The molecule has 2 aromatic heterocycles. The van der Waals surface area contributed by atoms with Crippen molar-refractivity contribution in [1.82, 2.24) is 19.8 Å². The zero-order valence-corrected chi connectivity index (χ0v) is 18.2. The van der Waals surface area contributed by atoms with E-state index in [9.17, 15) is 4.79 Å². The van der Waals surface area contributed by atoms with Gasteiger partial charge in [-0.1, -0.05) is 24.6 Å². The van der Waals surface area contributed by atoms with Gasteiger partial charge in [0.15, 0.2) is 0 Å². The molecule has 5 nitrogen and oxygen atoms in total. The van der Waals surface area contributed by atoms with Crippen LogP contribution >= 0.6 is 0 Å². The fraction of sp³-hybridized carbons (Fsp3) is 0.423. The van der Waals surface area contributed by atoms with Crippen LogP contribution in [0.4, 0.5) is 0 Å². The summed E-state index contributed by atoms with van der Waals surface area (Å²) in [5, 5.41) is 0.912. The third-order valence-corrected chi connectivity index (χ3v) is 6.99. The van der Waals surface area contributed by atoms with E-state index in [2.05, 4.69) is 9.88 Å². The first-order chi connectivity index (χ1) is 15.2. The molecule has 1 amide bonds. The number of rotatable bonds is 4. The lowest BCUT2D eigenvalue weighted by Gasteiger charge is -2.45. The highest BCUT2D eigenvalue weighted by molar-refractivity contribution is 6.07. The fourth-order valence-electron chi connectivity index (χ4n) is 5.44. The predicted octanol–water partition coefficient (Wildman–Crippen LogP) is 4.63. The van der Waals surface area contributed by atoms with Crippen LogP contribution in [-0.4, -0.2) is 58.4 Å². The molecule has 2 fully saturated rings. The molecular weight excluding hydrogens is 384 g/mol. The Kier molecular flexibility index (Phi) is 5.68. The zero-order chi connectivity index (χ0) is 21.2. The van der Waals surface area contributed by atoms with Gasteiger partial charge in [-0.2, -0.15) is 0 Å². The maximum absolute atomic E-state index is 13.6. The minimum absolute atomic E-state index is 0.0803. The second-order valence-electron chi connectivity index (χ2n) is 9.00. The van der Waals surface area contributed by atoms with Crippen molar-refractivity contribution < 1.29 is 4.79 Å². The van der Waals surface area contributed by atoms with Gasteiger partial charge in [-0.25, -0.2) is 4.98 Å². The number of carbonyl (C=O) groups excluding carboxylic acids is 1. The Bertz CT molecular complexity index is 1070. The van der Waals surface area contributed by atoms with Gasteiger partial charge in [0.25, 0.3) is 5.91 Å². The van der Waals surface area contributed by atoms with Crippen LogP contribution < -0.4 is 0 Å². The molecule has 0 spiro atoms. The molecule has 5 heteroatoms. The summed E-state index contributed by atoms with van der Waals surface area (Å²) in [5.74, 6) is 0.644. The van der Waals surface area contributed by atoms with Crippen molar-refractivity contribution in [2.75, 3.05) is 26.7 Å². The summed E-state index contributed by atoms with van der Waals surface area (Å²) in [5.41, 5.74) is 3.29. The van der Waals surface area contributed by atoms with Crippen molar-refractivity contribution in [3.8, 4) is 11.3 Å². The van der Waals surface area contributed by atoms with Crippen molar-refractivity contribution in [3.63, 3.8) is 0 Å². The number of hydrogen-bond donors (Lipinski definition) is 0. The number of para-hydroxylation sites is 1. The number of aromatic nitrogens is 2. The predicted molar refractivity (Wildman–Crippen MR) is 124 cm³/mol.